The number of thiazole rings is 1. The third-order valence-electron chi connectivity index (χ3n) is 3.34. The molecule has 2 unspecified atom stereocenters. The molecule has 2 rings (SSSR count). The van der Waals surface area contributed by atoms with E-state index in [1.807, 2.05) is 41.3 Å². The molecule has 0 saturated carbocycles. The molecule has 1 heterocycles. The summed E-state index contributed by atoms with van der Waals surface area (Å²) in [5, 5.41) is 19.9. The van der Waals surface area contributed by atoms with Gasteiger partial charge in [-0.2, -0.15) is 4.57 Å². The zero-order valence-corrected chi connectivity index (χ0v) is 12.7. The van der Waals surface area contributed by atoms with E-state index in [-0.39, 0.29) is 0 Å². The molecule has 108 valence electrons. The van der Waals surface area contributed by atoms with E-state index in [0.717, 1.165) is 21.9 Å². The first-order chi connectivity index (χ1) is 9.52. The maximum atomic E-state index is 10.3. The normalized spacial score (nSPS) is 14.1. The monoisotopic (exact) mass is 294 g/mol. The second kappa shape index (κ2) is 6.35. The first-order valence-corrected chi connectivity index (χ1v) is 7.38. The second-order valence-electron chi connectivity index (χ2n) is 4.79. The lowest BCUT2D eigenvalue weighted by Gasteiger charge is -2.08. The minimum atomic E-state index is -0.582. The summed E-state index contributed by atoms with van der Waals surface area (Å²) >= 11 is 1.51. The Morgan fingerprint density at radius 1 is 1.25 bits per heavy atom. The van der Waals surface area contributed by atoms with Crippen molar-refractivity contribution < 1.29 is 19.5 Å². The van der Waals surface area contributed by atoms with Gasteiger partial charge in [0, 0.05) is 6.92 Å². The zero-order valence-electron chi connectivity index (χ0n) is 11.9. The van der Waals surface area contributed by atoms with E-state index in [0.29, 0.717) is 6.54 Å². The number of hydrogen-bond acceptors (Lipinski definition) is 4. The molecule has 0 amide bonds. The Bertz CT molecular complexity index is 563. The lowest BCUT2D eigenvalue weighted by Crippen LogP contribution is -2.37. The van der Waals surface area contributed by atoms with Crippen LogP contribution in [0, 0.1) is 6.92 Å². The van der Waals surface area contributed by atoms with E-state index in [1.165, 1.54) is 11.3 Å². The highest BCUT2D eigenvalue weighted by atomic mass is 32.1. The van der Waals surface area contributed by atoms with E-state index >= 15 is 0 Å². The Kier molecular flexibility index (Phi) is 4.75. The molecule has 1 aromatic carbocycles. The summed E-state index contributed by atoms with van der Waals surface area (Å²) < 4.78 is 7.08. The molecule has 0 radical (unpaired) electrons. The highest BCUT2D eigenvalue weighted by molar-refractivity contribution is 7.09. The molecule has 5 heteroatoms. The number of nitrogens with zero attached hydrogens (tertiary/aromatic N) is 1. The predicted molar refractivity (Wildman–Crippen MR) is 77.8 cm³/mol. The Morgan fingerprint density at radius 2 is 1.90 bits per heavy atom. The molecule has 2 atom stereocenters. The highest BCUT2D eigenvalue weighted by Gasteiger charge is 2.22. The SMILES string of the molecule is COc1ccc(C(O)C[n+]2csc(C(C)O)c2C)cc1. The van der Waals surface area contributed by atoms with Crippen LogP contribution in [0.2, 0.25) is 0 Å². The van der Waals surface area contributed by atoms with E-state index in [1.54, 1.807) is 14.0 Å². The van der Waals surface area contributed by atoms with E-state index in [2.05, 4.69) is 0 Å². The maximum absolute atomic E-state index is 10.3. The van der Waals surface area contributed by atoms with Crippen LogP contribution in [0.25, 0.3) is 0 Å². The van der Waals surface area contributed by atoms with E-state index in [4.69, 9.17) is 4.74 Å². The van der Waals surface area contributed by atoms with Gasteiger partial charge in [0.05, 0.1) is 13.2 Å². The number of ether oxygens (including phenoxy) is 1. The first kappa shape index (κ1) is 15.0. The average molecular weight is 294 g/mol. The number of aliphatic hydroxyl groups excluding tert-OH is 2. The van der Waals surface area contributed by atoms with Crippen molar-refractivity contribution in [3.8, 4) is 5.75 Å². The van der Waals surface area contributed by atoms with Gasteiger partial charge in [-0.3, -0.25) is 0 Å². The van der Waals surface area contributed by atoms with E-state index < -0.39 is 12.2 Å². The van der Waals surface area contributed by atoms with Crippen LogP contribution in [0.15, 0.2) is 29.8 Å². The molecule has 0 aliphatic carbocycles. The minimum Gasteiger partial charge on any atom is -0.497 e. The number of benzene rings is 1. The molecule has 0 aliphatic rings. The molecule has 2 N–H and O–H groups in total. The smallest absolute Gasteiger partial charge is 0.225 e. The molecule has 0 fully saturated rings. The molecule has 2 aromatic rings. The first-order valence-electron chi connectivity index (χ1n) is 6.50. The molecular weight excluding hydrogens is 274 g/mol. The Balaban J connectivity index is 2.12. The molecular formula is C15H20NO3S+. The van der Waals surface area contributed by atoms with Gasteiger partial charge in [0.15, 0.2) is 12.2 Å². The Morgan fingerprint density at radius 3 is 2.40 bits per heavy atom. The third-order valence-corrected chi connectivity index (χ3v) is 4.59. The van der Waals surface area contributed by atoms with Gasteiger partial charge in [0.1, 0.15) is 16.7 Å². The zero-order chi connectivity index (χ0) is 14.7. The van der Waals surface area contributed by atoms with Crippen LogP contribution in [0.5, 0.6) is 5.75 Å². The number of rotatable bonds is 5. The van der Waals surface area contributed by atoms with Gasteiger partial charge < -0.3 is 14.9 Å². The fourth-order valence-corrected chi connectivity index (χ4v) is 3.09. The summed E-state index contributed by atoms with van der Waals surface area (Å²) in [6.07, 6.45) is -1.06. The van der Waals surface area contributed by atoms with Gasteiger partial charge in [-0.05, 0) is 24.6 Å². The third kappa shape index (κ3) is 3.17. The fourth-order valence-electron chi connectivity index (χ4n) is 2.12. The van der Waals surface area contributed by atoms with E-state index in [9.17, 15) is 10.2 Å². The highest BCUT2D eigenvalue weighted by Crippen LogP contribution is 2.22. The van der Waals surface area contributed by atoms with Crippen LogP contribution in [-0.2, 0) is 6.54 Å². The summed E-state index contributed by atoms with van der Waals surface area (Å²) in [6, 6.07) is 7.40. The van der Waals surface area contributed by atoms with Crippen molar-refractivity contribution >= 4 is 11.3 Å². The molecule has 4 nitrogen and oxygen atoms in total. The topological polar surface area (TPSA) is 53.6 Å². The van der Waals surface area contributed by atoms with Gasteiger partial charge in [-0.15, -0.1) is 0 Å². The lowest BCUT2D eigenvalue weighted by molar-refractivity contribution is -0.706. The molecule has 0 spiro atoms. The predicted octanol–water partition coefficient (Wildman–Crippen LogP) is 2.14. The number of methoxy groups -OCH3 is 1. The van der Waals surface area contributed by atoms with Gasteiger partial charge in [0.25, 0.3) is 0 Å². The van der Waals surface area contributed by atoms with Gasteiger partial charge >= 0.3 is 0 Å². The minimum absolute atomic E-state index is 0.473. The maximum Gasteiger partial charge on any atom is 0.225 e. The van der Waals surface area contributed by atoms with Gasteiger partial charge in [0.2, 0.25) is 5.51 Å². The lowest BCUT2D eigenvalue weighted by atomic mass is 10.1. The Labute approximate surface area is 122 Å². The summed E-state index contributed by atoms with van der Waals surface area (Å²) in [5.74, 6) is 0.775. The largest absolute Gasteiger partial charge is 0.497 e. The van der Waals surface area contributed by atoms with Crippen molar-refractivity contribution in [2.45, 2.75) is 32.6 Å². The molecule has 20 heavy (non-hydrogen) atoms. The quantitative estimate of drug-likeness (QED) is 0.831. The number of aromatic nitrogens is 1. The summed E-state index contributed by atoms with van der Waals surface area (Å²) in [7, 11) is 1.62. The van der Waals surface area contributed by atoms with Crippen molar-refractivity contribution in [2.24, 2.45) is 0 Å². The second-order valence-corrected chi connectivity index (χ2v) is 5.68. The standard InChI is InChI=1S/C15H20NO3S/c1-10-15(11(2)17)20-9-16(10)8-14(18)12-4-6-13(19-3)7-5-12/h4-7,9,11,14,17-18H,8H2,1-3H3/q+1. The van der Waals surface area contributed by atoms with Crippen molar-refractivity contribution in [2.75, 3.05) is 7.11 Å². The average Bonchev–Trinajstić information content (AvgIpc) is 2.80. The molecule has 0 aliphatic heterocycles. The van der Waals surface area contributed by atoms with Crippen molar-refractivity contribution in [1.82, 2.24) is 0 Å². The fraction of sp³-hybridized carbons (Fsp3) is 0.400. The number of hydrogen-bond donors (Lipinski definition) is 2. The van der Waals surface area contributed by atoms with Crippen LogP contribution in [0.3, 0.4) is 0 Å². The van der Waals surface area contributed by atoms with Gasteiger partial charge in [-0.25, -0.2) is 0 Å². The summed E-state index contributed by atoms with van der Waals surface area (Å²) in [5.41, 5.74) is 3.78. The molecule has 0 bridgehead atoms. The molecule has 0 saturated heterocycles. The summed E-state index contributed by atoms with van der Waals surface area (Å²) in [6.45, 7) is 4.18. The summed E-state index contributed by atoms with van der Waals surface area (Å²) in [4.78, 5) is 0.937. The number of aliphatic hydroxyl groups is 2. The Hall–Kier alpha value is -1.43. The van der Waals surface area contributed by atoms with Crippen molar-refractivity contribution in [3.05, 3.63) is 45.9 Å². The molecule has 1 aromatic heterocycles. The van der Waals surface area contributed by atoms with Crippen molar-refractivity contribution in [3.63, 3.8) is 0 Å². The van der Waals surface area contributed by atoms with Gasteiger partial charge in [-0.1, -0.05) is 23.5 Å². The van der Waals surface area contributed by atoms with Crippen LogP contribution in [0.4, 0.5) is 0 Å². The van der Waals surface area contributed by atoms with Crippen LogP contribution in [-0.4, -0.2) is 17.3 Å². The van der Waals surface area contributed by atoms with Crippen LogP contribution in [0.1, 0.15) is 35.3 Å². The van der Waals surface area contributed by atoms with Crippen LogP contribution >= 0.6 is 11.3 Å². The van der Waals surface area contributed by atoms with Crippen molar-refractivity contribution in [1.29, 1.82) is 0 Å². The van der Waals surface area contributed by atoms with Crippen LogP contribution < -0.4 is 9.30 Å².